The highest BCUT2D eigenvalue weighted by Crippen LogP contribution is 2.34. The van der Waals surface area contributed by atoms with Crippen LogP contribution in [0.1, 0.15) is 26.3 Å². The molecule has 1 saturated heterocycles. The Kier molecular flexibility index (Phi) is 6.50. The summed E-state index contributed by atoms with van der Waals surface area (Å²) in [5.41, 5.74) is 2.11. The maximum absolute atomic E-state index is 13.2. The number of carbonyl (C=O) groups is 3. The molecule has 1 fully saturated rings. The molecule has 0 radical (unpaired) electrons. The van der Waals surface area contributed by atoms with E-state index in [0.29, 0.717) is 31.9 Å². The van der Waals surface area contributed by atoms with Crippen molar-refractivity contribution in [2.75, 3.05) is 13.2 Å². The van der Waals surface area contributed by atoms with E-state index in [1.54, 1.807) is 54.6 Å². The number of thioether (sulfide) groups is 1. The van der Waals surface area contributed by atoms with Crippen LogP contribution in [0.3, 0.4) is 0 Å². The largest absolute Gasteiger partial charge is 0.285 e. The van der Waals surface area contributed by atoms with Crippen LogP contribution in [0.5, 0.6) is 0 Å². The van der Waals surface area contributed by atoms with Gasteiger partial charge in [0.15, 0.2) is 5.17 Å². The van der Waals surface area contributed by atoms with Crippen molar-refractivity contribution in [3.05, 3.63) is 105 Å². The summed E-state index contributed by atoms with van der Waals surface area (Å²) < 4.78 is 0. The number of rotatable bonds is 6. The molecule has 2 aliphatic heterocycles. The van der Waals surface area contributed by atoms with E-state index in [2.05, 4.69) is 4.99 Å². The number of hydroxylamine groups is 2. The molecule has 0 atom stereocenters. The zero-order valence-electron chi connectivity index (χ0n) is 18.3. The van der Waals surface area contributed by atoms with Crippen LogP contribution >= 0.6 is 23.4 Å². The molecule has 35 heavy (non-hydrogen) atoms. The Morgan fingerprint density at radius 2 is 1.46 bits per heavy atom. The molecule has 0 saturated carbocycles. The molecule has 5 rings (SSSR count). The van der Waals surface area contributed by atoms with Gasteiger partial charge in [0.1, 0.15) is 0 Å². The SMILES string of the molecule is O=C1/C(=C\c2ccccc2)SC(=Nc2ccc(Cl)cc2)N1CCON1C(=O)c2ccccc2C1=O. The quantitative estimate of drug-likeness (QED) is 0.342. The summed E-state index contributed by atoms with van der Waals surface area (Å²) in [7, 11) is 0. The molecule has 0 aromatic heterocycles. The molecule has 2 aliphatic rings. The van der Waals surface area contributed by atoms with E-state index in [4.69, 9.17) is 16.4 Å². The average Bonchev–Trinajstić information content (AvgIpc) is 3.29. The number of amidine groups is 1. The van der Waals surface area contributed by atoms with E-state index < -0.39 is 11.8 Å². The Balaban J connectivity index is 1.35. The predicted octanol–water partition coefficient (Wildman–Crippen LogP) is 5.17. The van der Waals surface area contributed by atoms with Crippen molar-refractivity contribution in [2.45, 2.75) is 0 Å². The van der Waals surface area contributed by atoms with Crippen molar-refractivity contribution in [1.29, 1.82) is 0 Å². The predicted molar refractivity (Wildman–Crippen MR) is 135 cm³/mol. The van der Waals surface area contributed by atoms with E-state index >= 15 is 0 Å². The molecule has 3 aromatic rings. The van der Waals surface area contributed by atoms with Gasteiger partial charge in [0, 0.05) is 5.02 Å². The van der Waals surface area contributed by atoms with Gasteiger partial charge in [0.05, 0.1) is 34.9 Å². The summed E-state index contributed by atoms with van der Waals surface area (Å²) >= 11 is 7.22. The number of hydrogen-bond donors (Lipinski definition) is 0. The molecule has 0 N–H and O–H groups in total. The minimum absolute atomic E-state index is 0.0734. The fourth-order valence-corrected chi connectivity index (χ4v) is 4.77. The van der Waals surface area contributed by atoms with E-state index in [9.17, 15) is 14.4 Å². The molecular weight excluding hydrogens is 486 g/mol. The second-order valence-corrected chi connectivity index (χ2v) is 9.08. The zero-order valence-corrected chi connectivity index (χ0v) is 19.8. The van der Waals surface area contributed by atoms with Gasteiger partial charge < -0.3 is 0 Å². The van der Waals surface area contributed by atoms with Gasteiger partial charge in [0.25, 0.3) is 17.7 Å². The van der Waals surface area contributed by atoms with Gasteiger partial charge >= 0.3 is 0 Å². The molecule has 0 spiro atoms. The zero-order chi connectivity index (χ0) is 24.4. The van der Waals surface area contributed by atoms with Gasteiger partial charge in [-0.05, 0) is 59.8 Å². The van der Waals surface area contributed by atoms with Crippen molar-refractivity contribution >= 4 is 58.0 Å². The van der Waals surface area contributed by atoms with Crippen LogP contribution in [-0.4, -0.2) is 46.0 Å². The lowest BCUT2D eigenvalue weighted by Crippen LogP contribution is -2.36. The Bertz CT molecular complexity index is 1340. The van der Waals surface area contributed by atoms with Crippen LogP contribution in [0, 0.1) is 0 Å². The average molecular weight is 504 g/mol. The lowest BCUT2D eigenvalue weighted by molar-refractivity contribution is -0.125. The Morgan fingerprint density at radius 1 is 0.829 bits per heavy atom. The fourth-order valence-electron chi connectivity index (χ4n) is 3.62. The van der Waals surface area contributed by atoms with Crippen molar-refractivity contribution < 1.29 is 19.2 Å². The first-order valence-electron chi connectivity index (χ1n) is 10.7. The highest BCUT2D eigenvalue weighted by atomic mass is 35.5. The first kappa shape index (κ1) is 23.0. The summed E-state index contributed by atoms with van der Waals surface area (Å²) in [6.45, 7) is 0.0216. The normalized spacial score (nSPS) is 17.7. The van der Waals surface area contributed by atoms with Gasteiger partial charge in [0.2, 0.25) is 0 Å². The summed E-state index contributed by atoms with van der Waals surface area (Å²) in [6, 6.07) is 23.0. The number of fused-ring (bicyclic) bond motifs is 1. The number of halogens is 1. The molecule has 3 amide bonds. The topological polar surface area (TPSA) is 79.3 Å². The van der Waals surface area contributed by atoms with E-state index in [0.717, 1.165) is 10.6 Å². The highest BCUT2D eigenvalue weighted by molar-refractivity contribution is 8.18. The molecule has 0 aliphatic carbocycles. The van der Waals surface area contributed by atoms with E-state index in [-0.39, 0.29) is 19.1 Å². The van der Waals surface area contributed by atoms with Crippen molar-refractivity contribution in [1.82, 2.24) is 9.96 Å². The van der Waals surface area contributed by atoms with Crippen LogP contribution in [-0.2, 0) is 9.63 Å². The standard InChI is InChI=1S/C26H18ClN3O4S/c27-18-10-12-19(13-11-18)28-26-29(25(33)22(35-26)16-17-6-2-1-3-7-17)14-15-34-30-23(31)20-8-4-5-9-21(20)24(30)32/h1-13,16H,14-15H2/b22-16+,28-26?. The van der Waals surface area contributed by atoms with Crippen LogP contribution in [0.25, 0.3) is 6.08 Å². The van der Waals surface area contributed by atoms with Gasteiger partial charge in [-0.25, -0.2) is 4.99 Å². The minimum Gasteiger partial charge on any atom is -0.284 e. The van der Waals surface area contributed by atoms with Crippen LogP contribution in [0.4, 0.5) is 5.69 Å². The molecule has 174 valence electrons. The summed E-state index contributed by atoms with van der Waals surface area (Å²) in [5.74, 6) is -1.28. The first-order valence-corrected chi connectivity index (χ1v) is 11.9. The monoisotopic (exact) mass is 503 g/mol. The molecule has 3 aromatic carbocycles. The second kappa shape index (κ2) is 9.87. The minimum atomic E-state index is -0.521. The van der Waals surface area contributed by atoms with Gasteiger partial charge in [-0.15, -0.1) is 5.06 Å². The maximum Gasteiger partial charge on any atom is 0.285 e. The molecule has 0 unspecified atom stereocenters. The third-order valence-corrected chi connectivity index (χ3v) is 6.59. The highest BCUT2D eigenvalue weighted by Gasteiger charge is 2.38. The fraction of sp³-hybridized carbons (Fsp3) is 0.0769. The number of benzene rings is 3. The number of hydrogen-bond acceptors (Lipinski definition) is 6. The Hall–Kier alpha value is -3.72. The number of imide groups is 1. The Morgan fingerprint density at radius 3 is 2.11 bits per heavy atom. The number of nitrogens with zero attached hydrogens (tertiary/aromatic N) is 3. The molecule has 9 heteroatoms. The van der Waals surface area contributed by atoms with Gasteiger partial charge in [-0.2, -0.15) is 0 Å². The number of aliphatic imine (C=N–C) groups is 1. The molecule has 2 heterocycles. The Labute approximate surface area is 210 Å². The second-order valence-electron chi connectivity index (χ2n) is 7.63. The van der Waals surface area contributed by atoms with Crippen molar-refractivity contribution in [3.63, 3.8) is 0 Å². The van der Waals surface area contributed by atoms with Crippen molar-refractivity contribution in [3.8, 4) is 0 Å². The molecular formula is C26H18ClN3O4S. The summed E-state index contributed by atoms with van der Waals surface area (Å²) in [6.07, 6.45) is 1.80. The lowest BCUT2D eigenvalue weighted by atomic mass is 10.1. The van der Waals surface area contributed by atoms with Crippen LogP contribution in [0.15, 0.2) is 88.8 Å². The number of amides is 3. The van der Waals surface area contributed by atoms with E-state index in [1.807, 2.05) is 30.3 Å². The molecule has 7 nitrogen and oxygen atoms in total. The molecule has 0 bridgehead atoms. The van der Waals surface area contributed by atoms with Crippen molar-refractivity contribution in [2.24, 2.45) is 4.99 Å². The summed E-state index contributed by atoms with van der Waals surface area (Å²) in [4.78, 5) is 50.4. The lowest BCUT2D eigenvalue weighted by Gasteiger charge is -2.18. The number of carbonyl (C=O) groups excluding carboxylic acids is 3. The maximum atomic E-state index is 13.2. The summed E-state index contributed by atoms with van der Waals surface area (Å²) in [5, 5.41) is 1.79. The van der Waals surface area contributed by atoms with Gasteiger partial charge in [-0.1, -0.05) is 54.1 Å². The third kappa shape index (κ3) is 4.77. The first-order chi connectivity index (χ1) is 17.0. The van der Waals surface area contributed by atoms with E-state index in [1.165, 1.54) is 16.7 Å². The smallest absolute Gasteiger partial charge is 0.284 e. The third-order valence-electron chi connectivity index (χ3n) is 5.33. The van der Waals surface area contributed by atoms with Crippen LogP contribution in [0.2, 0.25) is 5.02 Å². The van der Waals surface area contributed by atoms with Gasteiger partial charge in [-0.3, -0.25) is 24.1 Å². The van der Waals surface area contributed by atoms with Crippen LogP contribution < -0.4 is 0 Å².